The van der Waals surface area contributed by atoms with Gasteiger partial charge in [-0.1, -0.05) is 36.4 Å². The summed E-state index contributed by atoms with van der Waals surface area (Å²) < 4.78 is 10.8. The molecule has 110 valence electrons. The maximum absolute atomic E-state index is 11.4. The van der Waals surface area contributed by atoms with Gasteiger partial charge in [-0.3, -0.25) is 4.79 Å². The summed E-state index contributed by atoms with van der Waals surface area (Å²) >= 11 is 0. The molecule has 3 aromatic rings. The Labute approximate surface area is 129 Å². The third-order valence-corrected chi connectivity index (χ3v) is 3.74. The molecular weight excluding hydrogens is 276 g/mol. The van der Waals surface area contributed by atoms with E-state index in [1.54, 1.807) is 26.4 Å². The normalized spacial score (nSPS) is 10.5. The summed E-state index contributed by atoms with van der Waals surface area (Å²) in [5.41, 5.74) is 2.26. The summed E-state index contributed by atoms with van der Waals surface area (Å²) in [5, 5.41) is 2.27. The van der Waals surface area contributed by atoms with E-state index in [1.807, 2.05) is 30.3 Å². The van der Waals surface area contributed by atoms with Crippen LogP contribution in [0.4, 0.5) is 0 Å². The fourth-order valence-electron chi connectivity index (χ4n) is 2.68. The molecule has 0 bridgehead atoms. The van der Waals surface area contributed by atoms with Crippen LogP contribution in [0.3, 0.4) is 0 Å². The molecule has 0 spiro atoms. The van der Waals surface area contributed by atoms with Crippen molar-refractivity contribution in [2.75, 3.05) is 14.2 Å². The SMILES string of the molecule is COc1ccc(C=O)c(-c2ccc3ccccc3c2)c1OC. The largest absolute Gasteiger partial charge is 0.493 e. The Hall–Kier alpha value is -2.81. The minimum atomic E-state index is 0.572. The number of methoxy groups -OCH3 is 2. The lowest BCUT2D eigenvalue weighted by Gasteiger charge is -2.15. The number of benzene rings is 3. The van der Waals surface area contributed by atoms with Crippen LogP contribution >= 0.6 is 0 Å². The van der Waals surface area contributed by atoms with Crippen LogP contribution in [-0.4, -0.2) is 20.5 Å². The molecule has 0 saturated carbocycles. The number of hydrogen-bond acceptors (Lipinski definition) is 3. The van der Waals surface area contributed by atoms with E-state index in [-0.39, 0.29) is 0 Å². The smallest absolute Gasteiger partial charge is 0.169 e. The minimum Gasteiger partial charge on any atom is -0.493 e. The first-order chi connectivity index (χ1) is 10.8. The Bertz CT molecular complexity index is 837. The van der Waals surface area contributed by atoms with Gasteiger partial charge in [0, 0.05) is 11.1 Å². The van der Waals surface area contributed by atoms with Gasteiger partial charge in [0.25, 0.3) is 0 Å². The third-order valence-electron chi connectivity index (χ3n) is 3.74. The minimum absolute atomic E-state index is 0.572. The third kappa shape index (κ3) is 2.31. The van der Waals surface area contributed by atoms with Crippen LogP contribution in [0, 0.1) is 0 Å². The molecule has 0 aliphatic rings. The average Bonchev–Trinajstić information content (AvgIpc) is 2.59. The molecule has 0 unspecified atom stereocenters. The van der Waals surface area contributed by atoms with Crippen LogP contribution in [0.5, 0.6) is 11.5 Å². The predicted octanol–water partition coefficient (Wildman–Crippen LogP) is 4.34. The number of carbonyl (C=O) groups is 1. The number of rotatable bonds is 4. The maximum Gasteiger partial charge on any atom is 0.169 e. The molecule has 0 saturated heterocycles. The van der Waals surface area contributed by atoms with E-state index in [9.17, 15) is 4.79 Å². The van der Waals surface area contributed by atoms with Crippen molar-refractivity contribution in [2.24, 2.45) is 0 Å². The highest BCUT2D eigenvalue weighted by Crippen LogP contribution is 2.40. The van der Waals surface area contributed by atoms with Gasteiger partial charge in [0.15, 0.2) is 17.8 Å². The van der Waals surface area contributed by atoms with Crippen molar-refractivity contribution in [1.82, 2.24) is 0 Å². The van der Waals surface area contributed by atoms with Crippen LogP contribution < -0.4 is 9.47 Å². The number of hydrogen-bond donors (Lipinski definition) is 0. The number of ether oxygens (including phenoxy) is 2. The lowest BCUT2D eigenvalue weighted by atomic mass is 9.96. The van der Waals surface area contributed by atoms with Crippen LogP contribution in [-0.2, 0) is 0 Å². The molecule has 3 rings (SSSR count). The van der Waals surface area contributed by atoms with Gasteiger partial charge >= 0.3 is 0 Å². The van der Waals surface area contributed by atoms with Crippen LogP contribution in [0.2, 0.25) is 0 Å². The molecule has 0 aromatic heterocycles. The summed E-state index contributed by atoms with van der Waals surface area (Å²) in [6.45, 7) is 0. The molecule has 0 N–H and O–H groups in total. The summed E-state index contributed by atoms with van der Waals surface area (Å²) in [4.78, 5) is 11.4. The lowest BCUT2D eigenvalue weighted by Crippen LogP contribution is -1.97. The molecule has 0 amide bonds. The molecule has 3 aromatic carbocycles. The molecular formula is C19H16O3. The molecule has 0 radical (unpaired) electrons. The summed E-state index contributed by atoms with van der Waals surface area (Å²) in [6, 6.07) is 17.7. The first-order valence-electron chi connectivity index (χ1n) is 6.98. The van der Waals surface area contributed by atoms with Gasteiger partial charge in [0.05, 0.1) is 14.2 Å². The van der Waals surface area contributed by atoms with Gasteiger partial charge in [-0.15, -0.1) is 0 Å². The highest BCUT2D eigenvalue weighted by atomic mass is 16.5. The Morgan fingerprint density at radius 1 is 0.864 bits per heavy atom. The monoisotopic (exact) mass is 292 g/mol. The molecule has 3 heteroatoms. The van der Waals surface area contributed by atoms with Crippen molar-refractivity contribution in [3.05, 3.63) is 60.2 Å². The molecule has 22 heavy (non-hydrogen) atoms. The van der Waals surface area contributed by atoms with E-state index in [4.69, 9.17) is 9.47 Å². The molecule has 0 heterocycles. The topological polar surface area (TPSA) is 35.5 Å². The molecule has 0 aliphatic heterocycles. The van der Waals surface area contributed by atoms with Gasteiger partial charge < -0.3 is 9.47 Å². The van der Waals surface area contributed by atoms with Gasteiger partial charge in [-0.05, 0) is 34.5 Å². The van der Waals surface area contributed by atoms with Crippen LogP contribution in [0.15, 0.2) is 54.6 Å². The van der Waals surface area contributed by atoms with Crippen LogP contribution in [0.1, 0.15) is 10.4 Å². The number of carbonyl (C=O) groups excluding carboxylic acids is 1. The quantitative estimate of drug-likeness (QED) is 0.671. The van der Waals surface area contributed by atoms with Crippen molar-refractivity contribution < 1.29 is 14.3 Å². The van der Waals surface area contributed by atoms with Crippen molar-refractivity contribution in [1.29, 1.82) is 0 Å². The van der Waals surface area contributed by atoms with Crippen molar-refractivity contribution in [3.63, 3.8) is 0 Å². The predicted molar refractivity (Wildman–Crippen MR) is 87.9 cm³/mol. The first kappa shape index (κ1) is 14.1. The number of aldehydes is 1. The zero-order chi connectivity index (χ0) is 15.5. The molecule has 0 aliphatic carbocycles. The van der Waals surface area contributed by atoms with Gasteiger partial charge in [-0.2, -0.15) is 0 Å². The van der Waals surface area contributed by atoms with E-state index >= 15 is 0 Å². The first-order valence-corrected chi connectivity index (χ1v) is 6.98. The van der Waals surface area contributed by atoms with Gasteiger partial charge in [-0.25, -0.2) is 0 Å². The second-order valence-electron chi connectivity index (χ2n) is 4.95. The molecule has 0 atom stereocenters. The lowest BCUT2D eigenvalue weighted by molar-refractivity contribution is 0.112. The van der Waals surface area contributed by atoms with Crippen molar-refractivity contribution >= 4 is 17.1 Å². The van der Waals surface area contributed by atoms with Gasteiger partial charge in [0.2, 0.25) is 0 Å². The highest BCUT2D eigenvalue weighted by Gasteiger charge is 2.16. The zero-order valence-electron chi connectivity index (χ0n) is 12.5. The number of fused-ring (bicyclic) bond motifs is 1. The van der Waals surface area contributed by atoms with E-state index in [2.05, 4.69) is 12.1 Å². The fourth-order valence-corrected chi connectivity index (χ4v) is 2.68. The highest BCUT2D eigenvalue weighted by molar-refractivity contribution is 5.95. The van der Waals surface area contributed by atoms with E-state index in [0.29, 0.717) is 17.1 Å². The van der Waals surface area contributed by atoms with Gasteiger partial charge in [0.1, 0.15) is 0 Å². The maximum atomic E-state index is 11.4. The average molecular weight is 292 g/mol. The summed E-state index contributed by atoms with van der Waals surface area (Å²) in [6.07, 6.45) is 0.840. The second kappa shape index (κ2) is 5.90. The zero-order valence-corrected chi connectivity index (χ0v) is 12.5. The Morgan fingerprint density at radius 3 is 2.32 bits per heavy atom. The Kier molecular flexibility index (Phi) is 3.79. The molecule has 0 fully saturated rings. The fraction of sp³-hybridized carbons (Fsp3) is 0.105. The standard InChI is InChI=1S/C19H16O3/c1-21-17-10-9-16(12-20)18(19(17)22-2)15-8-7-13-5-3-4-6-14(13)11-15/h3-12H,1-2H3. The Balaban J connectivity index is 2.30. The van der Waals surface area contributed by atoms with Crippen molar-refractivity contribution in [2.45, 2.75) is 0 Å². The van der Waals surface area contributed by atoms with Crippen LogP contribution in [0.25, 0.3) is 21.9 Å². The summed E-state index contributed by atoms with van der Waals surface area (Å²) in [5.74, 6) is 1.18. The second-order valence-corrected chi connectivity index (χ2v) is 4.95. The van der Waals surface area contributed by atoms with E-state index < -0.39 is 0 Å². The van der Waals surface area contributed by atoms with E-state index in [1.165, 1.54) is 0 Å². The van der Waals surface area contributed by atoms with E-state index in [0.717, 1.165) is 28.2 Å². The summed E-state index contributed by atoms with van der Waals surface area (Å²) in [7, 11) is 3.17. The Morgan fingerprint density at radius 2 is 1.64 bits per heavy atom. The van der Waals surface area contributed by atoms with Crippen molar-refractivity contribution in [3.8, 4) is 22.6 Å². The molecule has 3 nitrogen and oxygen atoms in total.